The molecule has 0 aliphatic carbocycles. The Bertz CT molecular complexity index is 423. The molecule has 0 heterocycles. The fourth-order valence-corrected chi connectivity index (χ4v) is 1.60. The molecule has 114 valence electrons. The summed E-state index contributed by atoms with van der Waals surface area (Å²) in [7, 11) is 1.37. The van der Waals surface area contributed by atoms with Gasteiger partial charge in [0.15, 0.2) is 11.6 Å². The van der Waals surface area contributed by atoms with E-state index in [0.717, 1.165) is 5.56 Å². The van der Waals surface area contributed by atoms with Gasteiger partial charge in [-0.3, -0.25) is 0 Å². The first-order chi connectivity index (χ1) is 9.33. The molecule has 0 amide bonds. The summed E-state index contributed by atoms with van der Waals surface area (Å²) in [6.07, 6.45) is -4.31. The van der Waals surface area contributed by atoms with E-state index in [1.54, 1.807) is 12.1 Å². The van der Waals surface area contributed by atoms with E-state index < -0.39 is 18.6 Å². The fourth-order valence-electron chi connectivity index (χ4n) is 1.60. The summed E-state index contributed by atoms with van der Waals surface area (Å²) in [6, 6.07) is 4.27. The molecule has 0 aliphatic rings. The minimum Gasteiger partial charge on any atom is -0.494 e. The minimum absolute atomic E-state index is 0.0534. The molecule has 0 aliphatic heterocycles. The zero-order chi connectivity index (χ0) is 15.2. The average molecular weight is 295 g/mol. The quantitative estimate of drug-likeness (QED) is 0.619. The Labute approximate surface area is 114 Å². The fraction of sp³-hybridized carbons (Fsp3) is 0.538. The van der Waals surface area contributed by atoms with E-state index in [-0.39, 0.29) is 24.9 Å². The molecule has 0 saturated heterocycles. The van der Waals surface area contributed by atoms with Crippen LogP contribution in [0.2, 0.25) is 0 Å². The second-order valence-corrected chi connectivity index (χ2v) is 4.24. The lowest BCUT2D eigenvalue weighted by Gasteiger charge is -2.15. The highest BCUT2D eigenvalue weighted by Gasteiger charge is 2.27. The lowest BCUT2D eigenvalue weighted by atomic mass is 10.1. The Hall–Kier alpha value is -1.34. The van der Waals surface area contributed by atoms with Crippen LogP contribution in [0, 0.1) is 5.82 Å². The van der Waals surface area contributed by atoms with Crippen LogP contribution >= 0.6 is 0 Å². The third-order valence-corrected chi connectivity index (χ3v) is 2.64. The van der Waals surface area contributed by atoms with Crippen molar-refractivity contribution in [3.8, 4) is 5.75 Å². The highest BCUT2D eigenvalue weighted by Crippen LogP contribution is 2.22. The van der Waals surface area contributed by atoms with Crippen molar-refractivity contribution < 1.29 is 27.0 Å². The lowest BCUT2D eigenvalue weighted by molar-refractivity contribution is -0.173. The molecule has 1 unspecified atom stereocenters. The van der Waals surface area contributed by atoms with Crippen molar-refractivity contribution in [3.63, 3.8) is 0 Å². The van der Waals surface area contributed by atoms with Crippen LogP contribution in [0.4, 0.5) is 17.6 Å². The number of ether oxygens (including phenoxy) is 2. The van der Waals surface area contributed by atoms with Crippen molar-refractivity contribution in [3.05, 3.63) is 29.6 Å². The number of benzene rings is 1. The molecule has 1 aromatic rings. The van der Waals surface area contributed by atoms with Gasteiger partial charge in [-0.1, -0.05) is 6.07 Å². The average Bonchev–Trinajstić information content (AvgIpc) is 2.37. The zero-order valence-electron chi connectivity index (χ0n) is 11.3. The third-order valence-electron chi connectivity index (χ3n) is 2.64. The molecule has 0 bridgehead atoms. The Kier molecular flexibility index (Phi) is 6.22. The first kappa shape index (κ1) is 16.7. The summed E-state index contributed by atoms with van der Waals surface area (Å²) in [5.74, 6) is -0.332. The van der Waals surface area contributed by atoms with Crippen molar-refractivity contribution in [2.24, 2.45) is 0 Å². The van der Waals surface area contributed by atoms with Crippen molar-refractivity contribution in [2.75, 3.05) is 26.9 Å². The first-order valence-corrected chi connectivity index (χ1v) is 6.05. The number of alkyl halides is 3. The molecular weight excluding hydrogens is 278 g/mol. The molecule has 0 spiro atoms. The molecular formula is C13H17F4NO2. The summed E-state index contributed by atoms with van der Waals surface area (Å²) in [4.78, 5) is 0. The SMILES string of the molecule is COc1cc(C(C)NCCOCC(F)(F)F)ccc1F. The van der Waals surface area contributed by atoms with Gasteiger partial charge in [0.2, 0.25) is 0 Å². The Morgan fingerprint density at radius 1 is 1.30 bits per heavy atom. The molecule has 1 aromatic carbocycles. The van der Waals surface area contributed by atoms with Crippen molar-refractivity contribution in [2.45, 2.75) is 19.1 Å². The highest BCUT2D eigenvalue weighted by atomic mass is 19.4. The molecule has 7 heteroatoms. The third kappa shape index (κ3) is 5.75. The van der Waals surface area contributed by atoms with Crippen LogP contribution in [0.25, 0.3) is 0 Å². The maximum atomic E-state index is 13.2. The van der Waals surface area contributed by atoms with Gasteiger partial charge in [-0.15, -0.1) is 0 Å². The molecule has 20 heavy (non-hydrogen) atoms. The largest absolute Gasteiger partial charge is 0.494 e. The van der Waals surface area contributed by atoms with E-state index in [1.165, 1.54) is 13.2 Å². The monoisotopic (exact) mass is 295 g/mol. The Morgan fingerprint density at radius 3 is 2.60 bits per heavy atom. The highest BCUT2D eigenvalue weighted by molar-refractivity contribution is 5.31. The van der Waals surface area contributed by atoms with Crippen LogP contribution in [0.3, 0.4) is 0 Å². The van der Waals surface area contributed by atoms with Crippen LogP contribution in [0.1, 0.15) is 18.5 Å². The van der Waals surface area contributed by atoms with Gasteiger partial charge in [-0.25, -0.2) is 4.39 Å². The molecule has 1 rings (SSSR count). The number of halogens is 4. The standard InChI is InChI=1S/C13H17F4NO2/c1-9(18-5-6-20-8-13(15,16)17)10-3-4-11(14)12(7-10)19-2/h3-4,7,9,18H,5-6,8H2,1-2H3. The van der Waals surface area contributed by atoms with E-state index in [9.17, 15) is 17.6 Å². The normalized spacial score (nSPS) is 13.3. The van der Waals surface area contributed by atoms with Crippen LogP contribution in [-0.4, -0.2) is 33.0 Å². The van der Waals surface area contributed by atoms with Gasteiger partial charge < -0.3 is 14.8 Å². The molecule has 3 nitrogen and oxygen atoms in total. The Morgan fingerprint density at radius 2 is 2.00 bits per heavy atom. The number of rotatable bonds is 7. The van der Waals surface area contributed by atoms with Gasteiger partial charge in [0.1, 0.15) is 6.61 Å². The van der Waals surface area contributed by atoms with Gasteiger partial charge in [-0.2, -0.15) is 13.2 Å². The van der Waals surface area contributed by atoms with E-state index >= 15 is 0 Å². The van der Waals surface area contributed by atoms with Crippen LogP contribution in [0.5, 0.6) is 5.75 Å². The van der Waals surface area contributed by atoms with Crippen LogP contribution in [0.15, 0.2) is 18.2 Å². The maximum Gasteiger partial charge on any atom is 0.411 e. The summed E-state index contributed by atoms with van der Waals surface area (Å²) in [5, 5.41) is 2.99. The topological polar surface area (TPSA) is 30.5 Å². The predicted octanol–water partition coefficient (Wildman–Crippen LogP) is 3.06. The summed E-state index contributed by atoms with van der Waals surface area (Å²) >= 11 is 0. The van der Waals surface area contributed by atoms with Crippen LogP contribution in [-0.2, 0) is 4.74 Å². The van der Waals surface area contributed by atoms with Gasteiger partial charge >= 0.3 is 6.18 Å². The summed E-state index contributed by atoms with van der Waals surface area (Å²) in [6.45, 7) is 0.767. The maximum absolute atomic E-state index is 13.2. The van der Waals surface area contributed by atoms with E-state index in [4.69, 9.17) is 4.74 Å². The number of methoxy groups -OCH3 is 1. The molecule has 0 saturated carbocycles. The van der Waals surface area contributed by atoms with Gasteiger partial charge in [0.05, 0.1) is 13.7 Å². The summed E-state index contributed by atoms with van der Waals surface area (Å²) in [5.41, 5.74) is 0.777. The van der Waals surface area contributed by atoms with Crippen molar-refractivity contribution >= 4 is 0 Å². The van der Waals surface area contributed by atoms with E-state index in [0.29, 0.717) is 0 Å². The van der Waals surface area contributed by atoms with Gasteiger partial charge in [0, 0.05) is 12.6 Å². The first-order valence-electron chi connectivity index (χ1n) is 6.05. The summed E-state index contributed by atoms with van der Waals surface area (Å²) < 4.78 is 58.1. The molecule has 1 atom stereocenters. The molecule has 0 fully saturated rings. The van der Waals surface area contributed by atoms with E-state index in [2.05, 4.69) is 10.1 Å². The van der Waals surface area contributed by atoms with E-state index in [1.807, 2.05) is 6.92 Å². The predicted molar refractivity (Wildman–Crippen MR) is 66.2 cm³/mol. The molecule has 1 N–H and O–H groups in total. The molecule has 0 radical (unpaired) electrons. The second-order valence-electron chi connectivity index (χ2n) is 4.24. The lowest BCUT2D eigenvalue weighted by Crippen LogP contribution is -2.26. The number of nitrogens with one attached hydrogen (secondary N) is 1. The number of hydrogen-bond acceptors (Lipinski definition) is 3. The molecule has 0 aromatic heterocycles. The van der Waals surface area contributed by atoms with Gasteiger partial charge in [-0.05, 0) is 24.6 Å². The van der Waals surface area contributed by atoms with Gasteiger partial charge in [0.25, 0.3) is 0 Å². The Balaban J connectivity index is 2.37. The second kappa shape index (κ2) is 7.44. The zero-order valence-corrected chi connectivity index (χ0v) is 11.3. The smallest absolute Gasteiger partial charge is 0.411 e. The number of hydrogen-bond donors (Lipinski definition) is 1. The minimum atomic E-state index is -4.31. The van der Waals surface area contributed by atoms with Crippen molar-refractivity contribution in [1.29, 1.82) is 0 Å². The van der Waals surface area contributed by atoms with Crippen LogP contribution < -0.4 is 10.1 Å². The van der Waals surface area contributed by atoms with Crippen molar-refractivity contribution in [1.82, 2.24) is 5.32 Å².